The van der Waals surface area contributed by atoms with Gasteiger partial charge in [0, 0.05) is 81.3 Å². The SMILES string of the molecule is CC(C)N(C)[C@@H]1CC[C@H](N2CC[C@H](Nc3ncnc4ccc(C(F)(F)F)cc34)C2=O)[C@H](NC(=O)CCOCCNC(=O)C2CCC(NC(=O)COCCNC(=O)C3CC(=O)N(C)C3c3cccnc3)CC2)C1. The van der Waals surface area contributed by atoms with Gasteiger partial charge in [-0.3, -0.25) is 33.8 Å². The van der Waals surface area contributed by atoms with Crippen LogP contribution in [0, 0.1) is 11.8 Å². The predicted octanol–water partition coefficient (Wildman–Crippen LogP) is 3.35. The van der Waals surface area contributed by atoms with Crippen molar-refractivity contribution in [3.63, 3.8) is 0 Å². The van der Waals surface area contributed by atoms with Gasteiger partial charge in [0.05, 0.1) is 54.9 Å². The molecule has 392 valence electrons. The predicted molar refractivity (Wildman–Crippen MR) is 259 cm³/mol. The number of nitrogens with zero attached hydrogens (tertiary/aromatic N) is 6. The Morgan fingerprint density at radius 2 is 1.64 bits per heavy atom. The van der Waals surface area contributed by atoms with Crippen molar-refractivity contribution in [2.24, 2.45) is 11.8 Å². The van der Waals surface area contributed by atoms with Gasteiger partial charge in [0.15, 0.2) is 0 Å². The molecule has 6 atom stereocenters. The first kappa shape index (κ1) is 53.8. The molecule has 0 spiro atoms. The molecule has 72 heavy (non-hydrogen) atoms. The maximum atomic E-state index is 14.0. The number of anilines is 1. The summed E-state index contributed by atoms with van der Waals surface area (Å²) in [6, 6.07) is 5.44. The Kier molecular flexibility index (Phi) is 18.4. The summed E-state index contributed by atoms with van der Waals surface area (Å²) in [5.41, 5.74) is 0.268. The van der Waals surface area contributed by atoms with Crippen molar-refractivity contribution in [1.29, 1.82) is 0 Å². The van der Waals surface area contributed by atoms with E-state index in [4.69, 9.17) is 9.47 Å². The maximum Gasteiger partial charge on any atom is 0.416 e. The molecule has 1 aromatic carbocycles. The number of pyridine rings is 1. The number of hydrogen-bond donors (Lipinski definition) is 5. The molecule has 22 heteroatoms. The molecule has 19 nitrogen and oxygen atoms in total. The second-order valence-electron chi connectivity index (χ2n) is 19.6. The number of aromatic nitrogens is 3. The number of carbonyl (C=O) groups is 6. The average Bonchev–Trinajstić information content (AvgIpc) is 3.88. The largest absolute Gasteiger partial charge is 0.416 e. The van der Waals surface area contributed by atoms with E-state index >= 15 is 0 Å². The van der Waals surface area contributed by atoms with E-state index in [2.05, 4.69) is 67.3 Å². The summed E-state index contributed by atoms with van der Waals surface area (Å²) in [6.07, 6.45) is 5.13. The van der Waals surface area contributed by atoms with Crippen LogP contribution < -0.4 is 26.6 Å². The Morgan fingerprint density at radius 3 is 2.36 bits per heavy atom. The third-order valence-corrected chi connectivity index (χ3v) is 14.6. The monoisotopic (exact) mass is 1010 g/mol. The van der Waals surface area contributed by atoms with E-state index in [0.29, 0.717) is 57.0 Å². The van der Waals surface area contributed by atoms with Gasteiger partial charge in [0.1, 0.15) is 24.8 Å². The van der Waals surface area contributed by atoms with E-state index in [1.807, 2.05) is 6.07 Å². The third-order valence-electron chi connectivity index (χ3n) is 14.6. The highest BCUT2D eigenvalue weighted by atomic mass is 19.4. The summed E-state index contributed by atoms with van der Waals surface area (Å²) in [5, 5.41) is 15.2. The molecule has 2 aromatic heterocycles. The van der Waals surface area contributed by atoms with Gasteiger partial charge in [-0.1, -0.05) is 6.07 Å². The molecule has 4 heterocycles. The minimum absolute atomic E-state index is 0.0768. The summed E-state index contributed by atoms with van der Waals surface area (Å²) in [7, 11) is 3.73. The highest BCUT2D eigenvalue weighted by Crippen LogP contribution is 2.37. The van der Waals surface area contributed by atoms with Crippen molar-refractivity contribution in [1.82, 2.24) is 50.9 Å². The molecule has 0 bridgehead atoms. The Bertz CT molecular complexity index is 2370. The lowest BCUT2D eigenvalue weighted by Crippen LogP contribution is -2.58. The van der Waals surface area contributed by atoms with E-state index in [1.165, 1.54) is 12.4 Å². The number of rotatable bonds is 21. The van der Waals surface area contributed by atoms with E-state index < -0.39 is 29.7 Å². The van der Waals surface area contributed by atoms with Gasteiger partial charge in [0.2, 0.25) is 35.4 Å². The fourth-order valence-corrected chi connectivity index (χ4v) is 10.5. The number of nitrogens with one attached hydrogen (secondary N) is 5. The molecule has 4 aliphatic rings. The molecule has 2 unspecified atom stereocenters. The summed E-state index contributed by atoms with van der Waals surface area (Å²) >= 11 is 0. The lowest BCUT2D eigenvalue weighted by molar-refractivity contribution is -0.137. The lowest BCUT2D eigenvalue weighted by atomic mass is 9.84. The number of likely N-dealkylation sites (tertiary alicyclic amines) is 2. The number of fused-ring (bicyclic) bond motifs is 1. The van der Waals surface area contributed by atoms with Crippen LogP contribution in [0.3, 0.4) is 0 Å². The Balaban J connectivity index is 0.775. The zero-order chi connectivity index (χ0) is 51.5. The molecular formula is C50H68F3N11O8. The van der Waals surface area contributed by atoms with Crippen LogP contribution in [0.1, 0.15) is 95.2 Å². The van der Waals surface area contributed by atoms with Gasteiger partial charge in [-0.05, 0) is 102 Å². The maximum absolute atomic E-state index is 14.0. The number of amides is 6. The average molecular weight is 1010 g/mol. The van der Waals surface area contributed by atoms with Crippen LogP contribution in [-0.2, 0) is 44.4 Å². The van der Waals surface area contributed by atoms with E-state index in [1.54, 1.807) is 35.3 Å². The van der Waals surface area contributed by atoms with Gasteiger partial charge in [0.25, 0.3) is 0 Å². The first-order valence-electron chi connectivity index (χ1n) is 25.0. The van der Waals surface area contributed by atoms with Crippen molar-refractivity contribution in [2.45, 2.75) is 127 Å². The minimum Gasteiger partial charge on any atom is -0.379 e. The number of benzene rings is 1. The zero-order valence-corrected chi connectivity index (χ0v) is 41.4. The van der Waals surface area contributed by atoms with Crippen molar-refractivity contribution in [2.75, 3.05) is 65.5 Å². The topological polar surface area (TPSA) is 229 Å². The van der Waals surface area contributed by atoms with Gasteiger partial charge < -0.3 is 50.8 Å². The number of alkyl halides is 3. The molecule has 0 radical (unpaired) electrons. The Labute approximate surface area is 417 Å². The van der Waals surface area contributed by atoms with Crippen LogP contribution >= 0.6 is 0 Å². The summed E-state index contributed by atoms with van der Waals surface area (Å²) in [4.78, 5) is 96.4. The fraction of sp³-hybridized carbons (Fsp3) is 0.620. The van der Waals surface area contributed by atoms with Crippen molar-refractivity contribution >= 4 is 52.2 Å². The van der Waals surface area contributed by atoms with Crippen LogP contribution in [0.15, 0.2) is 49.1 Å². The van der Waals surface area contributed by atoms with Crippen LogP contribution in [-0.4, -0.2) is 162 Å². The van der Waals surface area contributed by atoms with Crippen LogP contribution in [0.5, 0.6) is 0 Å². The van der Waals surface area contributed by atoms with Crippen molar-refractivity contribution in [3.8, 4) is 0 Å². The first-order chi connectivity index (χ1) is 34.5. The number of carbonyl (C=O) groups excluding carboxylic acids is 6. The van der Waals surface area contributed by atoms with Gasteiger partial charge in [-0.25, -0.2) is 9.97 Å². The molecule has 6 amide bonds. The molecule has 2 aliphatic carbocycles. The number of hydrogen-bond acceptors (Lipinski definition) is 13. The number of halogens is 3. The normalized spacial score (nSPS) is 24.7. The molecule has 2 aliphatic heterocycles. The molecule has 7 rings (SSSR count). The Hall–Kier alpha value is -6.00. The molecule has 2 saturated heterocycles. The van der Waals surface area contributed by atoms with Gasteiger partial charge >= 0.3 is 6.18 Å². The molecule has 3 aromatic rings. The van der Waals surface area contributed by atoms with E-state index in [-0.39, 0.29) is 135 Å². The number of ether oxygens (including phenoxy) is 2. The molecule has 4 fully saturated rings. The molecule has 2 saturated carbocycles. The summed E-state index contributed by atoms with van der Waals surface area (Å²) in [6.45, 7) is 5.35. The van der Waals surface area contributed by atoms with Gasteiger partial charge in [-0.2, -0.15) is 13.2 Å². The second-order valence-corrected chi connectivity index (χ2v) is 19.6. The van der Waals surface area contributed by atoms with Crippen molar-refractivity contribution < 1.29 is 51.4 Å². The summed E-state index contributed by atoms with van der Waals surface area (Å²) in [5.74, 6) is -1.80. The van der Waals surface area contributed by atoms with Crippen LogP contribution in [0.4, 0.5) is 19.0 Å². The van der Waals surface area contributed by atoms with Gasteiger partial charge in [-0.15, -0.1) is 0 Å². The first-order valence-corrected chi connectivity index (χ1v) is 25.0. The molecular weight excluding hydrogens is 940 g/mol. The quantitative estimate of drug-likeness (QED) is 0.0967. The fourth-order valence-electron chi connectivity index (χ4n) is 10.5. The van der Waals surface area contributed by atoms with E-state index in [0.717, 1.165) is 24.1 Å². The summed E-state index contributed by atoms with van der Waals surface area (Å²) < 4.78 is 51.9. The lowest BCUT2D eigenvalue weighted by Gasteiger charge is -2.44. The third kappa shape index (κ3) is 13.7. The zero-order valence-electron chi connectivity index (χ0n) is 41.4. The molecule has 5 N–H and O–H groups in total. The second kappa shape index (κ2) is 24.6. The highest BCUT2D eigenvalue weighted by molar-refractivity contribution is 5.93. The standard InChI is InChI=1S/C50H68F3N11O8/c1-30(2)62(3)35-12-14-41(64-20-15-39(49(64)70)61-46-36-24-33(50(51,52)53)9-13-38(36)57-29-58-46)40(25-35)60-42(65)16-21-71-22-18-55-47(68)31-7-10-34(11-8-31)59-43(66)28-72-23-19-56-48(69)37-26-44(67)63(4)45(37)32-6-5-17-54-27-32/h5-6,9,13,17,24,27,29-31,34-35,37,39-41,45H,7-8,10-12,14-16,18-23,25-26,28H2,1-4H3,(H,55,68)(H,56,69)(H,59,66)(H,60,65)(H,57,58,61)/t31?,34?,35-,37?,39+,40-,41+,45?/m1/s1. The van der Waals surface area contributed by atoms with Crippen molar-refractivity contribution in [3.05, 3.63) is 60.2 Å². The van der Waals surface area contributed by atoms with Crippen LogP contribution in [0.2, 0.25) is 0 Å². The minimum atomic E-state index is -4.56. The highest BCUT2D eigenvalue weighted by Gasteiger charge is 2.45. The van der Waals surface area contributed by atoms with E-state index in [9.17, 15) is 41.9 Å². The van der Waals surface area contributed by atoms with Crippen LogP contribution in [0.25, 0.3) is 10.9 Å². The smallest absolute Gasteiger partial charge is 0.379 e. The Morgan fingerprint density at radius 1 is 0.889 bits per heavy atom.